The average molecular weight is 502 g/mol. The number of hydrogen-bond donors (Lipinski definition) is 2. The van der Waals surface area contributed by atoms with Crippen LogP contribution in [0.5, 0.6) is 0 Å². The molecule has 0 radical (unpaired) electrons. The number of hydrogen-bond acceptors (Lipinski definition) is 9. The van der Waals surface area contributed by atoms with Crippen LogP contribution in [-0.4, -0.2) is 51.1 Å². The van der Waals surface area contributed by atoms with Crippen molar-refractivity contribution in [2.75, 3.05) is 0 Å². The topological polar surface area (TPSA) is 163 Å². The molecule has 192 valence electrons. The first-order valence-electron chi connectivity index (χ1n) is 10.6. The summed E-state index contributed by atoms with van der Waals surface area (Å²) in [5.74, 6) is -6.71. The van der Waals surface area contributed by atoms with E-state index in [0.717, 1.165) is 24.3 Å². The maximum absolute atomic E-state index is 13.4. The predicted octanol–water partition coefficient (Wildman–Crippen LogP) is 4.09. The standard InChI is InChI=1S/C25H26O11/c1-24(2,3)35-33-22(31)15-11-7-9-13(17(15)20(27)28)19(26)14-10-8-12-16(18(14)21(29)30)23(32)34-36-25(4,5)6/h7-12H,1-6H3,(H,27,28)(H,29,30). The molecule has 0 bridgehead atoms. The van der Waals surface area contributed by atoms with E-state index in [-0.39, 0.29) is 0 Å². The van der Waals surface area contributed by atoms with Crippen LogP contribution in [0, 0.1) is 0 Å². The van der Waals surface area contributed by atoms with Crippen molar-refractivity contribution in [1.82, 2.24) is 0 Å². The van der Waals surface area contributed by atoms with E-state index >= 15 is 0 Å². The fourth-order valence-corrected chi connectivity index (χ4v) is 2.84. The summed E-state index contributed by atoms with van der Waals surface area (Å²) in [4.78, 5) is 81.8. The molecule has 0 amide bonds. The zero-order valence-electron chi connectivity index (χ0n) is 20.5. The summed E-state index contributed by atoms with van der Waals surface area (Å²) in [7, 11) is 0. The molecule has 0 aliphatic carbocycles. The largest absolute Gasteiger partial charge is 0.478 e. The first-order valence-corrected chi connectivity index (χ1v) is 10.6. The van der Waals surface area contributed by atoms with Crippen molar-refractivity contribution in [1.29, 1.82) is 0 Å². The summed E-state index contributed by atoms with van der Waals surface area (Å²) in [6.07, 6.45) is 0. The smallest absolute Gasteiger partial charge is 0.374 e. The number of rotatable bonds is 8. The van der Waals surface area contributed by atoms with E-state index in [1.807, 2.05) is 0 Å². The van der Waals surface area contributed by atoms with E-state index in [9.17, 15) is 34.2 Å². The third-order valence-electron chi connectivity index (χ3n) is 4.22. The number of carbonyl (C=O) groups is 5. The van der Waals surface area contributed by atoms with Crippen molar-refractivity contribution in [2.24, 2.45) is 0 Å². The van der Waals surface area contributed by atoms with Crippen LogP contribution >= 0.6 is 0 Å². The fraction of sp³-hybridized carbons (Fsp3) is 0.320. The Labute approximate surface area is 206 Å². The van der Waals surface area contributed by atoms with Gasteiger partial charge < -0.3 is 10.2 Å². The lowest BCUT2D eigenvalue weighted by Gasteiger charge is -2.18. The minimum absolute atomic E-state index is 0.497. The van der Waals surface area contributed by atoms with Gasteiger partial charge >= 0.3 is 23.9 Å². The Morgan fingerprint density at radius 1 is 0.583 bits per heavy atom. The van der Waals surface area contributed by atoms with Gasteiger partial charge in [-0.2, -0.15) is 9.78 Å². The normalized spacial score (nSPS) is 11.5. The Balaban J connectivity index is 2.60. The van der Waals surface area contributed by atoms with Gasteiger partial charge in [-0.05, 0) is 53.7 Å². The van der Waals surface area contributed by atoms with Crippen molar-refractivity contribution in [3.63, 3.8) is 0 Å². The van der Waals surface area contributed by atoms with Gasteiger partial charge in [0.1, 0.15) is 11.2 Å². The van der Waals surface area contributed by atoms with Crippen molar-refractivity contribution in [3.05, 3.63) is 69.8 Å². The van der Waals surface area contributed by atoms with Crippen LogP contribution in [0.1, 0.15) is 98.9 Å². The quantitative estimate of drug-likeness (QED) is 0.304. The molecule has 36 heavy (non-hydrogen) atoms. The van der Waals surface area contributed by atoms with Crippen molar-refractivity contribution < 1.29 is 53.7 Å². The van der Waals surface area contributed by atoms with Gasteiger partial charge in [0.25, 0.3) is 0 Å². The van der Waals surface area contributed by atoms with Gasteiger partial charge in [0.15, 0.2) is 5.78 Å². The SMILES string of the molecule is CC(C)(C)OOC(=O)c1cccc(C(=O)c2cccc(C(=O)OOC(C)(C)C)c2C(=O)O)c1C(=O)O. The number of carboxylic acids is 2. The maximum atomic E-state index is 13.4. The van der Waals surface area contributed by atoms with Crippen molar-refractivity contribution in [3.8, 4) is 0 Å². The fourth-order valence-electron chi connectivity index (χ4n) is 2.84. The van der Waals surface area contributed by atoms with Crippen LogP contribution in [0.15, 0.2) is 36.4 Å². The first kappa shape index (κ1) is 28.1. The Morgan fingerprint density at radius 2 is 0.889 bits per heavy atom. The molecule has 2 aromatic carbocycles. The van der Waals surface area contributed by atoms with E-state index in [0.29, 0.717) is 0 Å². The van der Waals surface area contributed by atoms with Gasteiger partial charge in [0.05, 0.1) is 22.3 Å². The van der Waals surface area contributed by atoms with Gasteiger partial charge in [-0.3, -0.25) is 14.6 Å². The molecule has 2 aromatic rings. The minimum Gasteiger partial charge on any atom is -0.478 e. The molecule has 0 unspecified atom stereocenters. The van der Waals surface area contributed by atoms with E-state index in [1.54, 1.807) is 41.5 Å². The summed E-state index contributed by atoms with van der Waals surface area (Å²) < 4.78 is 0. The molecule has 11 heteroatoms. The van der Waals surface area contributed by atoms with Crippen LogP contribution in [0.4, 0.5) is 0 Å². The molecule has 2 N–H and O–H groups in total. The minimum atomic E-state index is -1.65. The lowest BCUT2D eigenvalue weighted by atomic mass is 9.90. The van der Waals surface area contributed by atoms with Gasteiger partial charge in [-0.25, -0.2) is 19.2 Å². The number of aromatic carboxylic acids is 2. The number of carboxylic acid groups (broad SMARTS) is 2. The zero-order valence-corrected chi connectivity index (χ0v) is 20.5. The molecular formula is C25H26O11. The van der Waals surface area contributed by atoms with Crippen LogP contribution in [0.25, 0.3) is 0 Å². The molecule has 0 aliphatic rings. The zero-order chi connectivity index (χ0) is 27.4. The molecule has 0 aliphatic heterocycles. The Kier molecular flexibility index (Phi) is 8.34. The first-order chi connectivity index (χ1) is 16.5. The Hall–Kier alpha value is -4.09. The third-order valence-corrected chi connectivity index (χ3v) is 4.22. The van der Waals surface area contributed by atoms with Crippen LogP contribution in [0.3, 0.4) is 0 Å². The molecule has 2 rings (SSSR count). The molecule has 0 saturated heterocycles. The monoisotopic (exact) mass is 502 g/mol. The second-order valence-corrected chi connectivity index (χ2v) is 9.53. The lowest BCUT2D eigenvalue weighted by molar-refractivity contribution is -0.301. The highest BCUT2D eigenvalue weighted by Crippen LogP contribution is 2.25. The van der Waals surface area contributed by atoms with E-state index in [1.165, 1.54) is 12.1 Å². The van der Waals surface area contributed by atoms with Gasteiger partial charge in [-0.15, -0.1) is 0 Å². The molecule has 0 heterocycles. The third kappa shape index (κ3) is 6.96. The highest BCUT2D eigenvalue weighted by atomic mass is 17.2. The summed E-state index contributed by atoms with van der Waals surface area (Å²) in [5.41, 5.74) is -5.26. The predicted molar refractivity (Wildman–Crippen MR) is 123 cm³/mol. The summed E-state index contributed by atoms with van der Waals surface area (Å²) in [6, 6.07) is 6.89. The van der Waals surface area contributed by atoms with Gasteiger partial charge in [0, 0.05) is 11.1 Å². The van der Waals surface area contributed by atoms with Crippen molar-refractivity contribution >= 4 is 29.7 Å². The summed E-state index contributed by atoms with van der Waals surface area (Å²) in [6.45, 7) is 9.56. The van der Waals surface area contributed by atoms with E-state index in [2.05, 4.69) is 0 Å². The summed E-state index contributed by atoms with van der Waals surface area (Å²) >= 11 is 0. The van der Waals surface area contributed by atoms with E-state index < -0.39 is 74.2 Å². The van der Waals surface area contributed by atoms with Gasteiger partial charge in [0.2, 0.25) is 0 Å². The molecular weight excluding hydrogens is 476 g/mol. The average Bonchev–Trinajstić information content (AvgIpc) is 2.78. The molecule has 0 saturated carbocycles. The second kappa shape index (κ2) is 10.7. The highest BCUT2D eigenvalue weighted by molar-refractivity contribution is 6.21. The van der Waals surface area contributed by atoms with E-state index in [4.69, 9.17) is 19.6 Å². The summed E-state index contributed by atoms with van der Waals surface area (Å²) in [5, 5.41) is 19.6. The Morgan fingerprint density at radius 3 is 1.17 bits per heavy atom. The van der Waals surface area contributed by atoms with Gasteiger partial charge in [-0.1, -0.05) is 24.3 Å². The van der Waals surface area contributed by atoms with Crippen LogP contribution in [0.2, 0.25) is 0 Å². The highest BCUT2D eigenvalue weighted by Gasteiger charge is 2.31. The molecule has 0 spiro atoms. The lowest BCUT2D eigenvalue weighted by Crippen LogP contribution is -2.24. The van der Waals surface area contributed by atoms with Crippen LogP contribution < -0.4 is 0 Å². The molecule has 0 atom stereocenters. The second-order valence-electron chi connectivity index (χ2n) is 9.53. The molecule has 11 nitrogen and oxygen atoms in total. The molecule has 0 fully saturated rings. The van der Waals surface area contributed by atoms with Crippen LogP contribution in [-0.2, 0) is 19.6 Å². The maximum Gasteiger partial charge on any atom is 0.374 e. The molecule has 0 aromatic heterocycles. The number of ketones is 1. The number of benzene rings is 2. The van der Waals surface area contributed by atoms with Crippen molar-refractivity contribution in [2.45, 2.75) is 52.7 Å². The number of carbonyl (C=O) groups excluding carboxylic acids is 3. The Bertz CT molecular complexity index is 1120.